The number of amides is 2. The monoisotopic (exact) mass is 346 g/mol. The molecule has 2 fully saturated rings. The molecule has 2 amide bonds. The van der Waals surface area contributed by atoms with Crippen LogP contribution < -0.4 is 5.32 Å². The highest BCUT2D eigenvalue weighted by Gasteiger charge is 2.41. The Morgan fingerprint density at radius 1 is 1.16 bits per heavy atom. The standard InChI is InChI=1S/C19H26N2O4/c22-13-19(15-4-2-1-3-5-15)10-11-21(12-19)18(25)20-16-8-6-14(7-9-16)17(23)24/h1-5,14,16,22H,6-13H2,(H,20,25)(H,23,24). The van der Waals surface area contributed by atoms with Crippen molar-refractivity contribution in [3.63, 3.8) is 0 Å². The molecule has 6 heteroatoms. The van der Waals surface area contributed by atoms with E-state index in [1.165, 1.54) is 0 Å². The number of likely N-dealkylation sites (tertiary alicyclic amines) is 1. The van der Waals surface area contributed by atoms with Crippen molar-refractivity contribution in [1.29, 1.82) is 0 Å². The lowest BCUT2D eigenvalue weighted by Crippen LogP contribution is -2.47. The van der Waals surface area contributed by atoms with Gasteiger partial charge in [0.15, 0.2) is 0 Å². The molecule has 0 spiro atoms. The van der Waals surface area contributed by atoms with Gasteiger partial charge in [-0.3, -0.25) is 4.79 Å². The van der Waals surface area contributed by atoms with Crippen LogP contribution >= 0.6 is 0 Å². The molecule has 1 aromatic carbocycles. The van der Waals surface area contributed by atoms with E-state index in [0.717, 1.165) is 12.0 Å². The summed E-state index contributed by atoms with van der Waals surface area (Å²) in [5.41, 5.74) is 0.675. The first-order chi connectivity index (χ1) is 12.0. The van der Waals surface area contributed by atoms with Gasteiger partial charge in [-0.05, 0) is 37.7 Å². The van der Waals surface area contributed by atoms with E-state index in [1.54, 1.807) is 4.90 Å². The zero-order valence-electron chi connectivity index (χ0n) is 14.4. The molecular formula is C19H26N2O4. The van der Waals surface area contributed by atoms with Crippen LogP contribution in [0.15, 0.2) is 30.3 Å². The van der Waals surface area contributed by atoms with E-state index in [1.807, 2.05) is 30.3 Å². The Hall–Kier alpha value is -2.08. The second kappa shape index (κ2) is 7.44. The van der Waals surface area contributed by atoms with E-state index in [0.29, 0.717) is 38.8 Å². The van der Waals surface area contributed by atoms with Crippen LogP contribution in [-0.2, 0) is 10.2 Å². The van der Waals surface area contributed by atoms with E-state index in [4.69, 9.17) is 5.11 Å². The zero-order valence-corrected chi connectivity index (χ0v) is 14.4. The SMILES string of the molecule is O=C(O)C1CCC(NC(=O)N2CCC(CO)(c3ccccc3)C2)CC1. The lowest BCUT2D eigenvalue weighted by Gasteiger charge is -2.30. The maximum absolute atomic E-state index is 12.6. The number of carboxylic acid groups (broad SMARTS) is 1. The molecule has 1 atom stereocenters. The molecule has 1 aromatic rings. The Kier molecular flexibility index (Phi) is 5.27. The molecule has 1 aliphatic heterocycles. The van der Waals surface area contributed by atoms with E-state index >= 15 is 0 Å². The molecule has 136 valence electrons. The van der Waals surface area contributed by atoms with Crippen molar-refractivity contribution in [3.05, 3.63) is 35.9 Å². The van der Waals surface area contributed by atoms with Crippen LogP contribution in [0.3, 0.4) is 0 Å². The summed E-state index contributed by atoms with van der Waals surface area (Å²) in [6.07, 6.45) is 3.39. The van der Waals surface area contributed by atoms with Crippen LogP contribution in [0.2, 0.25) is 0 Å². The molecule has 6 nitrogen and oxygen atoms in total. The van der Waals surface area contributed by atoms with Crippen molar-refractivity contribution in [3.8, 4) is 0 Å². The number of aliphatic carboxylic acids is 1. The number of carbonyl (C=O) groups is 2. The fourth-order valence-corrected chi connectivity index (χ4v) is 4.04. The number of aliphatic hydroxyl groups is 1. The average Bonchev–Trinajstić information content (AvgIpc) is 3.09. The number of urea groups is 1. The van der Waals surface area contributed by atoms with Gasteiger partial charge in [0.1, 0.15) is 0 Å². The van der Waals surface area contributed by atoms with Gasteiger partial charge in [-0.1, -0.05) is 30.3 Å². The molecule has 1 saturated heterocycles. The summed E-state index contributed by atoms with van der Waals surface area (Å²) >= 11 is 0. The Labute approximate surface area is 147 Å². The Bertz CT molecular complexity index is 613. The fourth-order valence-electron chi connectivity index (χ4n) is 4.04. The van der Waals surface area contributed by atoms with E-state index in [-0.39, 0.29) is 30.0 Å². The summed E-state index contributed by atoms with van der Waals surface area (Å²) in [6, 6.07) is 9.80. The van der Waals surface area contributed by atoms with Crippen LogP contribution in [0.25, 0.3) is 0 Å². The van der Waals surface area contributed by atoms with Gasteiger partial charge >= 0.3 is 12.0 Å². The second-order valence-electron chi connectivity index (χ2n) is 7.31. The summed E-state index contributed by atoms with van der Waals surface area (Å²) in [4.78, 5) is 25.4. The molecule has 1 saturated carbocycles. The molecule has 1 unspecified atom stereocenters. The molecular weight excluding hydrogens is 320 g/mol. The lowest BCUT2D eigenvalue weighted by molar-refractivity contribution is -0.142. The molecule has 2 aliphatic rings. The summed E-state index contributed by atoms with van der Waals surface area (Å²) in [7, 11) is 0. The number of benzene rings is 1. The van der Waals surface area contributed by atoms with Crippen molar-refractivity contribution in [1.82, 2.24) is 10.2 Å². The molecule has 1 aliphatic carbocycles. The third-order valence-corrected chi connectivity index (χ3v) is 5.73. The summed E-state index contributed by atoms with van der Waals surface area (Å²) in [6.45, 7) is 1.14. The number of hydrogen-bond donors (Lipinski definition) is 3. The highest BCUT2D eigenvalue weighted by atomic mass is 16.4. The quantitative estimate of drug-likeness (QED) is 0.777. The van der Waals surface area contributed by atoms with Crippen LogP contribution in [-0.4, -0.2) is 52.9 Å². The maximum atomic E-state index is 12.6. The minimum absolute atomic E-state index is 0.0184. The van der Waals surface area contributed by atoms with Gasteiger partial charge in [-0.2, -0.15) is 0 Å². The molecule has 25 heavy (non-hydrogen) atoms. The van der Waals surface area contributed by atoms with Gasteiger partial charge in [0.2, 0.25) is 0 Å². The lowest BCUT2D eigenvalue weighted by atomic mass is 9.80. The predicted octanol–water partition coefficient (Wildman–Crippen LogP) is 1.98. The van der Waals surface area contributed by atoms with E-state index < -0.39 is 5.97 Å². The largest absolute Gasteiger partial charge is 0.481 e. The van der Waals surface area contributed by atoms with Gasteiger partial charge in [-0.15, -0.1) is 0 Å². The second-order valence-corrected chi connectivity index (χ2v) is 7.31. The van der Waals surface area contributed by atoms with Crippen LogP contribution in [0.5, 0.6) is 0 Å². The topological polar surface area (TPSA) is 89.9 Å². The first-order valence-electron chi connectivity index (χ1n) is 8.99. The number of carbonyl (C=O) groups excluding carboxylic acids is 1. The van der Waals surface area contributed by atoms with Gasteiger partial charge in [0, 0.05) is 24.5 Å². The van der Waals surface area contributed by atoms with Gasteiger partial charge in [-0.25, -0.2) is 4.79 Å². The summed E-state index contributed by atoms with van der Waals surface area (Å²) < 4.78 is 0. The number of nitrogens with zero attached hydrogens (tertiary/aromatic N) is 1. The molecule has 0 bridgehead atoms. The first-order valence-corrected chi connectivity index (χ1v) is 8.99. The van der Waals surface area contributed by atoms with Crippen molar-refractivity contribution >= 4 is 12.0 Å². The minimum atomic E-state index is -0.736. The molecule has 1 heterocycles. The first kappa shape index (κ1) is 17.7. The van der Waals surface area contributed by atoms with Crippen molar-refractivity contribution < 1.29 is 19.8 Å². The van der Waals surface area contributed by atoms with Gasteiger partial charge < -0.3 is 20.4 Å². The summed E-state index contributed by atoms with van der Waals surface area (Å²) in [5, 5.41) is 22.1. The highest BCUT2D eigenvalue weighted by molar-refractivity contribution is 5.75. The van der Waals surface area contributed by atoms with Crippen LogP contribution in [0, 0.1) is 5.92 Å². The van der Waals surface area contributed by atoms with Gasteiger partial charge in [0.25, 0.3) is 0 Å². The molecule has 0 aromatic heterocycles. The summed E-state index contributed by atoms with van der Waals surface area (Å²) in [5.74, 6) is -1.01. The fraction of sp³-hybridized carbons (Fsp3) is 0.579. The van der Waals surface area contributed by atoms with E-state index in [2.05, 4.69) is 5.32 Å². The number of nitrogens with one attached hydrogen (secondary N) is 1. The Morgan fingerprint density at radius 3 is 2.44 bits per heavy atom. The third-order valence-electron chi connectivity index (χ3n) is 5.73. The number of carboxylic acids is 1. The third kappa shape index (κ3) is 3.79. The molecule has 0 radical (unpaired) electrons. The number of aliphatic hydroxyl groups excluding tert-OH is 1. The maximum Gasteiger partial charge on any atom is 0.317 e. The van der Waals surface area contributed by atoms with E-state index in [9.17, 15) is 14.7 Å². The minimum Gasteiger partial charge on any atom is -0.481 e. The molecule has 3 rings (SSSR count). The molecule has 3 N–H and O–H groups in total. The van der Waals surface area contributed by atoms with Crippen LogP contribution in [0.1, 0.15) is 37.7 Å². The average molecular weight is 346 g/mol. The highest BCUT2D eigenvalue weighted by Crippen LogP contribution is 2.34. The number of rotatable bonds is 4. The Morgan fingerprint density at radius 2 is 1.84 bits per heavy atom. The zero-order chi connectivity index (χ0) is 17.9. The smallest absolute Gasteiger partial charge is 0.317 e. The van der Waals surface area contributed by atoms with Crippen molar-refractivity contribution in [2.45, 2.75) is 43.6 Å². The van der Waals surface area contributed by atoms with Gasteiger partial charge in [0.05, 0.1) is 12.5 Å². The Balaban J connectivity index is 1.57. The predicted molar refractivity (Wildman–Crippen MR) is 93.3 cm³/mol. The van der Waals surface area contributed by atoms with Crippen molar-refractivity contribution in [2.24, 2.45) is 5.92 Å². The normalized spacial score (nSPS) is 29.4. The number of hydrogen-bond acceptors (Lipinski definition) is 3. The van der Waals surface area contributed by atoms with Crippen LogP contribution in [0.4, 0.5) is 4.79 Å². The van der Waals surface area contributed by atoms with Crippen molar-refractivity contribution in [2.75, 3.05) is 19.7 Å².